The van der Waals surface area contributed by atoms with Crippen molar-refractivity contribution in [3.05, 3.63) is 12.7 Å². The summed E-state index contributed by atoms with van der Waals surface area (Å²) in [5.41, 5.74) is 0. The maximum absolute atomic E-state index is 12.5. The summed E-state index contributed by atoms with van der Waals surface area (Å²) in [4.78, 5) is 29.0. The van der Waals surface area contributed by atoms with Crippen molar-refractivity contribution in [2.45, 2.75) is 25.3 Å². The summed E-state index contributed by atoms with van der Waals surface area (Å²) in [6.07, 6.45) is 4.85. The van der Waals surface area contributed by atoms with Gasteiger partial charge in [0.25, 0.3) is 0 Å². The van der Waals surface area contributed by atoms with Crippen LogP contribution in [0.5, 0.6) is 0 Å². The van der Waals surface area contributed by atoms with Gasteiger partial charge in [-0.3, -0.25) is 9.69 Å². The second kappa shape index (κ2) is 6.74. The molecule has 2 heterocycles. The van der Waals surface area contributed by atoms with Crippen LogP contribution in [0.25, 0.3) is 0 Å². The molecule has 0 radical (unpaired) electrons. The van der Waals surface area contributed by atoms with Crippen molar-refractivity contribution in [1.82, 2.24) is 14.7 Å². The first-order valence-corrected chi connectivity index (χ1v) is 7.22. The van der Waals surface area contributed by atoms with Gasteiger partial charge in [-0.05, 0) is 25.8 Å². The highest BCUT2D eigenvalue weighted by Gasteiger charge is 2.32. The van der Waals surface area contributed by atoms with Crippen molar-refractivity contribution < 1.29 is 14.7 Å². The van der Waals surface area contributed by atoms with Crippen molar-refractivity contribution in [2.24, 2.45) is 0 Å². The quantitative estimate of drug-likeness (QED) is 0.776. The predicted octanol–water partition coefficient (Wildman–Crippen LogP) is 0.849. The van der Waals surface area contributed by atoms with Gasteiger partial charge in [0.1, 0.15) is 6.54 Å². The van der Waals surface area contributed by atoms with Gasteiger partial charge in [-0.2, -0.15) is 0 Å². The Morgan fingerprint density at radius 3 is 2.75 bits per heavy atom. The van der Waals surface area contributed by atoms with Gasteiger partial charge in [0.2, 0.25) is 0 Å². The van der Waals surface area contributed by atoms with Gasteiger partial charge < -0.3 is 14.9 Å². The van der Waals surface area contributed by atoms with Gasteiger partial charge >= 0.3 is 12.0 Å². The number of urea groups is 1. The van der Waals surface area contributed by atoms with E-state index in [1.807, 2.05) is 4.90 Å². The van der Waals surface area contributed by atoms with Crippen LogP contribution >= 0.6 is 0 Å². The number of carbonyl (C=O) groups is 2. The molecule has 0 saturated carbocycles. The third-order valence-corrected chi connectivity index (χ3v) is 4.02. The fraction of sp³-hybridized carbons (Fsp3) is 0.714. The zero-order chi connectivity index (χ0) is 14.5. The van der Waals surface area contributed by atoms with Crippen LogP contribution in [0.3, 0.4) is 0 Å². The lowest BCUT2D eigenvalue weighted by atomic mass is 10.2. The van der Waals surface area contributed by atoms with Gasteiger partial charge in [0.05, 0.1) is 0 Å². The highest BCUT2D eigenvalue weighted by atomic mass is 16.4. The molecule has 0 bridgehead atoms. The van der Waals surface area contributed by atoms with Crippen LogP contribution in [-0.2, 0) is 4.79 Å². The molecule has 0 aromatic heterocycles. The molecular formula is C14H23N3O3. The minimum Gasteiger partial charge on any atom is -0.480 e. The lowest BCUT2D eigenvalue weighted by Crippen LogP contribution is -2.48. The highest BCUT2D eigenvalue weighted by molar-refractivity contribution is 5.80. The predicted molar refractivity (Wildman–Crippen MR) is 75.6 cm³/mol. The van der Waals surface area contributed by atoms with E-state index < -0.39 is 5.97 Å². The number of carboxylic acid groups (broad SMARTS) is 1. The molecule has 2 aliphatic rings. The fourth-order valence-electron chi connectivity index (χ4n) is 3.11. The molecule has 1 N–H and O–H groups in total. The number of hydrogen-bond donors (Lipinski definition) is 1. The van der Waals surface area contributed by atoms with E-state index in [0.717, 1.165) is 25.9 Å². The first-order valence-electron chi connectivity index (χ1n) is 7.22. The molecule has 112 valence electrons. The van der Waals surface area contributed by atoms with Gasteiger partial charge in [-0.25, -0.2) is 4.79 Å². The van der Waals surface area contributed by atoms with Crippen LogP contribution in [0.2, 0.25) is 0 Å². The van der Waals surface area contributed by atoms with Crippen molar-refractivity contribution in [1.29, 1.82) is 0 Å². The lowest BCUT2D eigenvalue weighted by molar-refractivity contribution is -0.137. The van der Waals surface area contributed by atoms with Crippen molar-refractivity contribution in [3.63, 3.8) is 0 Å². The van der Waals surface area contributed by atoms with Gasteiger partial charge in [0.15, 0.2) is 0 Å². The Labute approximate surface area is 119 Å². The lowest BCUT2D eigenvalue weighted by Gasteiger charge is -2.30. The topological polar surface area (TPSA) is 64.1 Å². The van der Waals surface area contributed by atoms with E-state index in [4.69, 9.17) is 5.11 Å². The van der Waals surface area contributed by atoms with Gasteiger partial charge in [-0.15, -0.1) is 6.58 Å². The number of fused-ring (bicyclic) bond motifs is 1. The standard InChI is InChI=1S/C14H23N3O3/c1-2-6-16(11-13(18)19)14(20)17-9-4-8-15-7-3-5-12(15)10-17/h2,12H,1,3-11H2,(H,18,19). The molecule has 2 fully saturated rings. The number of hydrogen-bond acceptors (Lipinski definition) is 3. The van der Waals surface area contributed by atoms with E-state index in [-0.39, 0.29) is 19.1 Å². The van der Waals surface area contributed by atoms with E-state index in [0.29, 0.717) is 19.1 Å². The maximum atomic E-state index is 12.5. The van der Waals surface area contributed by atoms with Crippen molar-refractivity contribution in [2.75, 3.05) is 39.3 Å². The van der Waals surface area contributed by atoms with Crippen LogP contribution in [0.15, 0.2) is 12.7 Å². The summed E-state index contributed by atoms with van der Waals surface area (Å²) in [5, 5.41) is 8.91. The van der Waals surface area contributed by atoms with Crippen LogP contribution in [0.1, 0.15) is 19.3 Å². The Balaban J connectivity index is 2.01. The number of carbonyl (C=O) groups excluding carboxylic acids is 1. The summed E-state index contributed by atoms with van der Waals surface area (Å²) in [5.74, 6) is -0.988. The molecule has 1 unspecified atom stereocenters. The molecule has 2 rings (SSSR count). The number of rotatable bonds is 4. The zero-order valence-corrected chi connectivity index (χ0v) is 11.8. The molecule has 2 saturated heterocycles. The molecule has 0 spiro atoms. The minimum atomic E-state index is -0.988. The van der Waals surface area contributed by atoms with Crippen LogP contribution in [-0.4, -0.2) is 77.1 Å². The molecule has 2 aliphatic heterocycles. The molecule has 20 heavy (non-hydrogen) atoms. The summed E-state index contributed by atoms with van der Waals surface area (Å²) < 4.78 is 0. The van der Waals surface area contributed by atoms with E-state index in [1.54, 1.807) is 6.08 Å². The highest BCUT2D eigenvalue weighted by Crippen LogP contribution is 2.21. The minimum absolute atomic E-state index is 0.180. The largest absolute Gasteiger partial charge is 0.480 e. The Morgan fingerprint density at radius 2 is 2.05 bits per heavy atom. The van der Waals surface area contributed by atoms with E-state index >= 15 is 0 Å². The Hall–Kier alpha value is -1.56. The number of aliphatic carboxylic acids is 1. The number of nitrogens with zero attached hydrogens (tertiary/aromatic N) is 3. The monoisotopic (exact) mass is 281 g/mol. The Kier molecular flexibility index (Phi) is 5.00. The fourth-order valence-corrected chi connectivity index (χ4v) is 3.11. The second-order valence-electron chi connectivity index (χ2n) is 5.48. The maximum Gasteiger partial charge on any atom is 0.323 e. The first-order chi connectivity index (χ1) is 9.61. The molecule has 0 aliphatic carbocycles. The molecule has 6 heteroatoms. The number of carboxylic acids is 1. The summed E-state index contributed by atoms with van der Waals surface area (Å²) in [6, 6.07) is 0.262. The second-order valence-corrected chi connectivity index (χ2v) is 5.48. The molecule has 6 nitrogen and oxygen atoms in total. The average molecular weight is 281 g/mol. The van der Waals surface area contributed by atoms with Crippen LogP contribution in [0, 0.1) is 0 Å². The van der Waals surface area contributed by atoms with Crippen LogP contribution < -0.4 is 0 Å². The van der Waals surface area contributed by atoms with Crippen molar-refractivity contribution >= 4 is 12.0 Å². The normalized spacial score (nSPS) is 23.0. The first kappa shape index (κ1) is 14.8. The smallest absolute Gasteiger partial charge is 0.323 e. The molecule has 2 amide bonds. The zero-order valence-electron chi connectivity index (χ0n) is 11.8. The Morgan fingerprint density at radius 1 is 1.30 bits per heavy atom. The third-order valence-electron chi connectivity index (χ3n) is 4.02. The van der Waals surface area contributed by atoms with E-state index in [9.17, 15) is 9.59 Å². The van der Waals surface area contributed by atoms with E-state index in [1.165, 1.54) is 11.3 Å². The van der Waals surface area contributed by atoms with Gasteiger partial charge in [0, 0.05) is 32.2 Å². The van der Waals surface area contributed by atoms with E-state index in [2.05, 4.69) is 11.5 Å². The number of amides is 2. The summed E-state index contributed by atoms with van der Waals surface area (Å²) in [6.45, 7) is 7.18. The molecule has 1 atom stereocenters. The third kappa shape index (κ3) is 3.50. The Bertz CT molecular complexity index is 386. The molecule has 0 aromatic rings. The summed E-state index contributed by atoms with van der Waals surface area (Å²) in [7, 11) is 0. The van der Waals surface area contributed by atoms with Crippen molar-refractivity contribution in [3.8, 4) is 0 Å². The molecular weight excluding hydrogens is 258 g/mol. The SMILES string of the molecule is C=CCN(CC(=O)O)C(=O)N1CCCN2CCCC2C1. The molecule has 0 aromatic carbocycles. The average Bonchev–Trinajstić information content (AvgIpc) is 2.74. The summed E-state index contributed by atoms with van der Waals surface area (Å²) >= 11 is 0. The van der Waals surface area contributed by atoms with Crippen LogP contribution in [0.4, 0.5) is 4.79 Å². The van der Waals surface area contributed by atoms with Gasteiger partial charge in [-0.1, -0.05) is 6.08 Å².